The van der Waals surface area contributed by atoms with E-state index < -0.39 is 0 Å². The van der Waals surface area contributed by atoms with Gasteiger partial charge in [-0.3, -0.25) is 0 Å². The minimum Gasteiger partial charge on any atom is -0.310 e. The molecular weight excluding hydrogens is 366 g/mol. The molecule has 2 rings (SSSR count). The van der Waals surface area contributed by atoms with Crippen LogP contribution in [0.5, 0.6) is 0 Å². The topological polar surface area (TPSA) is 12.0 Å². The first kappa shape index (κ1) is 15.3. The zero-order chi connectivity index (χ0) is 13.7. The van der Waals surface area contributed by atoms with E-state index in [1.165, 1.54) is 48.6 Å². The number of nitrogens with one attached hydrogen (secondary N) is 1. The van der Waals surface area contributed by atoms with Gasteiger partial charge in [0.05, 0.1) is 6.04 Å². The Morgan fingerprint density at radius 3 is 2.63 bits per heavy atom. The molecule has 1 aliphatic rings. The molecule has 19 heavy (non-hydrogen) atoms. The Bertz CT molecular complexity index is 454. The fourth-order valence-electron chi connectivity index (χ4n) is 2.75. The minimum atomic E-state index is 0.334. The molecule has 0 saturated heterocycles. The first-order chi connectivity index (χ1) is 9.22. The van der Waals surface area contributed by atoms with Crippen molar-refractivity contribution in [2.24, 2.45) is 0 Å². The van der Waals surface area contributed by atoms with Gasteiger partial charge in [-0.15, -0.1) is 0 Å². The van der Waals surface area contributed by atoms with Crippen LogP contribution in [-0.4, -0.2) is 7.05 Å². The molecular formula is C16H21Br2N. The van der Waals surface area contributed by atoms with Gasteiger partial charge in [-0.1, -0.05) is 62.4 Å². The molecule has 104 valence electrons. The third-order valence-electron chi connectivity index (χ3n) is 3.76. The summed E-state index contributed by atoms with van der Waals surface area (Å²) in [6, 6.07) is 6.78. The molecule has 0 radical (unpaired) electrons. The molecule has 1 N–H and O–H groups in total. The van der Waals surface area contributed by atoms with Crippen LogP contribution in [0.15, 0.2) is 38.8 Å². The number of allylic oxidation sites excluding steroid dienone is 1. The fraction of sp³-hybridized carbons (Fsp3) is 0.500. The third-order valence-corrected chi connectivity index (χ3v) is 4.94. The second-order valence-corrected chi connectivity index (χ2v) is 6.89. The number of halogens is 2. The Kier molecular flexibility index (Phi) is 6.11. The van der Waals surface area contributed by atoms with Crippen LogP contribution in [-0.2, 0) is 0 Å². The summed E-state index contributed by atoms with van der Waals surface area (Å²) in [7, 11) is 2.05. The third kappa shape index (κ3) is 4.17. The number of likely N-dealkylation sites (N-methyl/N-ethyl adjacent to an activating group) is 1. The summed E-state index contributed by atoms with van der Waals surface area (Å²) >= 11 is 7.21. The highest BCUT2D eigenvalue weighted by molar-refractivity contribution is 9.11. The van der Waals surface area contributed by atoms with Crippen molar-refractivity contribution in [1.82, 2.24) is 5.32 Å². The van der Waals surface area contributed by atoms with Crippen molar-refractivity contribution in [3.8, 4) is 0 Å². The zero-order valence-electron chi connectivity index (χ0n) is 11.4. The maximum atomic E-state index is 3.69. The van der Waals surface area contributed by atoms with Gasteiger partial charge in [-0.05, 0) is 50.4 Å². The van der Waals surface area contributed by atoms with Gasteiger partial charge in [0.25, 0.3) is 0 Å². The lowest BCUT2D eigenvalue weighted by atomic mass is 9.91. The van der Waals surface area contributed by atoms with E-state index in [2.05, 4.69) is 68.5 Å². The van der Waals surface area contributed by atoms with Gasteiger partial charge < -0.3 is 5.32 Å². The van der Waals surface area contributed by atoms with Crippen molar-refractivity contribution in [3.63, 3.8) is 0 Å². The van der Waals surface area contributed by atoms with Crippen LogP contribution in [0, 0.1) is 0 Å². The van der Waals surface area contributed by atoms with Crippen LogP contribution < -0.4 is 5.32 Å². The van der Waals surface area contributed by atoms with E-state index in [0.29, 0.717) is 6.04 Å². The zero-order valence-corrected chi connectivity index (χ0v) is 14.6. The van der Waals surface area contributed by atoms with Gasteiger partial charge >= 0.3 is 0 Å². The number of hydrogen-bond acceptors (Lipinski definition) is 1. The summed E-state index contributed by atoms with van der Waals surface area (Å²) in [6.45, 7) is 0. The first-order valence-corrected chi connectivity index (χ1v) is 8.62. The van der Waals surface area contributed by atoms with E-state index in [0.717, 1.165) is 4.47 Å². The Morgan fingerprint density at radius 2 is 1.89 bits per heavy atom. The molecule has 0 heterocycles. The van der Waals surface area contributed by atoms with Crippen LogP contribution >= 0.6 is 31.9 Å². The summed E-state index contributed by atoms with van der Waals surface area (Å²) in [6.07, 6.45) is 10.3. The van der Waals surface area contributed by atoms with Gasteiger partial charge in [-0.2, -0.15) is 0 Å². The van der Waals surface area contributed by atoms with Gasteiger partial charge in [0.2, 0.25) is 0 Å². The summed E-state index contributed by atoms with van der Waals surface area (Å²) in [5.41, 5.74) is 2.88. The number of benzene rings is 1. The van der Waals surface area contributed by atoms with Crippen LogP contribution in [0.4, 0.5) is 0 Å². The van der Waals surface area contributed by atoms with E-state index in [1.807, 2.05) is 0 Å². The molecule has 0 aliphatic heterocycles. The molecule has 0 saturated carbocycles. The van der Waals surface area contributed by atoms with Crippen LogP contribution in [0.3, 0.4) is 0 Å². The lowest BCUT2D eigenvalue weighted by molar-refractivity contribution is 0.573. The molecule has 1 atom stereocenters. The molecule has 0 bridgehead atoms. The second kappa shape index (κ2) is 7.61. The Hall–Kier alpha value is -0.120. The average Bonchev–Trinajstić information content (AvgIpc) is 2.34. The standard InChI is InChI=1S/C16H21Br2N/c1-19-16(12-7-5-3-2-4-6-8-12)14-10-9-13(17)11-15(14)18/h7,9-11,16,19H,2-6,8H2,1H3/b12-7+. The van der Waals surface area contributed by atoms with Gasteiger partial charge in [0, 0.05) is 8.95 Å². The molecule has 0 amide bonds. The summed E-state index contributed by atoms with van der Waals surface area (Å²) in [5.74, 6) is 0. The fourth-order valence-corrected chi connectivity index (χ4v) is 4.03. The smallest absolute Gasteiger partial charge is 0.0544 e. The average molecular weight is 387 g/mol. The maximum absolute atomic E-state index is 3.69. The van der Waals surface area contributed by atoms with Gasteiger partial charge in [0.15, 0.2) is 0 Å². The van der Waals surface area contributed by atoms with Gasteiger partial charge in [-0.25, -0.2) is 0 Å². The quantitative estimate of drug-likeness (QED) is 0.651. The number of rotatable bonds is 3. The van der Waals surface area contributed by atoms with Crippen LogP contribution in [0.25, 0.3) is 0 Å². The van der Waals surface area contributed by atoms with Crippen molar-refractivity contribution in [1.29, 1.82) is 0 Å². The summed E-state index contributed by atoms with van der Waals surface area (Å²) in [5, 5.41) is 3.48. The van der Waals surface area contributed by atoms with Crippen molar-refractivity contribution in [3.05, 3.63) is 44.4 Å². The van der Waals surface area contributed by atoms with E-state index in [4.69, 9.17) is 0 Å². The summed E-state index contributed by atoms with van der Waals surface area (Å²) < 4.78 is 2.29. The molecule has 0 aromatic heterocycles. The summed E-state index contributed by atoms with van der Waals surface area (Å²) in [4.78, 5) is 0. The molecule has 0 fully saturated rings. The van der Waals surface area contributed by atoms with Crippen molar-refractivity contribution in [2.45, 2.75) is 44.6 Å². The van der Waals surface area contributed by atoms with E-state index in [9.17, 15) is 0 Å². The minimum absolute atomic E-state index is 0.334. The molecule has 1 aromatic rings. The van der Waals surface area contributed by atoms with Crippen molar-refractivity contribution < 1.29 is 0 Å². The van der Waals surface area contributed by atoms with Gasteiger partial charge in [0.1, 0.15) is 0 Å². The molecule has 1 unspecified atom stereocenters. The largest absolute Gasteiger partial charge is 0.310 e. The predicted molar refractivity (Wildman–Crippen MR) is 89.4 cm³/mol. The van der Waals surface area contributed by atoms with Crippen molar-refractivity contribution in [2.75, 3.05) is 7.05 Å². The highest BCUT2D eigenvalue weighted by atomic mass is 79.9. The lowest BCUT2D eigenvalue weighted by Gasteiger charge is -2.23. The second-order valence-electron chi connectivity index (χ2n) is 5.12. The monoisotopic (exact) mass is 385 g/mol. The highest BCUT2D eigenvalue weighted by Crippen LogP contribution is 2.33. The Balaban J connectivity index is 2.27. The molecule has 1 aliphatic carbocycles. The maximum Gasteiger partial charge on any atom is 0.0544 e. The highest BCUT2D eigenvalue weighted by Gasteiger charge is 2.17. The molecule has 0 spiro atoms. The van der Waals surface area contributed by atoms with E-state index in [1.54, 1.807) is 5.57 Å². The molecule has 3 heteroatoms. The van der Waals surface area contributed by atoms with E-state index in [-0.39, 0.29) is 0 Å². The van der Waals surface area contributed by atoms with Crippen LogP contribution in [0.1, 0.15) is 50.1 Å². The first-order valence-electron chi connectivity index (χ1n) is 7.03. The van der Waals surface area contributed by atoms with E-state index >= 15 is 0 Å². The normalized spacial score (nSPS) is 21.1. The lowest BCUT2D eigenvalue weighted by Crippen LogP contribution is -2.19. The molecule has 1 nitrogen and oxygen atoms in total. The number of hydrogen-bond donors (Lipinski definition) is 1. The van der Waals surface area contributed by atoms with Crippen molar-refractivity contribution >= 4 is 31.9 Å². The van der Waals surface area contributed by atoms with Crippen LogP contribution in [0.2, 0.25) is 0 Å². The molecule has 1 aromatic carbocycles. The Morgan fingerprint density at radius 1 is 1.11 bits per heavy atom. The Labute approximate surface area is 133 Å². The predicted octanol–water partition coefficient (Wildman–Crippen LogP) is 5.75. The SMILES string of the molecule is CNC(/C1=C/CCCCCC1)c1ccc(Br)cc1Br.